The molecule has 0 unspecified atom stereocenters. The van der Waals surface area contributed by atoms with Crippen LogP contribution in [0.5, 0.6) is 0 Å². The van der Waals surface area contributed by atoms with Crippen LogP contribution in [0.15, 0.2) is 24.3 Å². The van der Waals surface area contributed by atoms with Gasteiger partial charge in [-0.25, -0.2) is 4.79 Å². The van der Waals surface area contributed by atoms with Crippen LogP contribution >= 0.6 is 0 Å². The number of piperidine rings is 1. The third kappa shape index (κ3) is 2.90. The molecule has 134 valence electrons. The number of aryl methyl sites for hydroxylation is 1. The van der Waals surface area contributed by atoms with E-state index < -0.39 is 0 Å². The molecule has 2 saturated heterocycles. The molecule has 3 fully saturated rings. The number of likely N-dealkylation sites (tertiary alicyclic amines) is 1. The van der Waals surface area contributed by atoms with Gasteiger partial charge >= 0.3 is 6.09 Å². The number of hydrogen-bond donors (Lipinski definition) is 1. The SMILES string of the molecule is Cc1cccc(C2(C)CCN(C(=O)C3CC4(COC(=O)N4)C3)CC2)c1. The Morgan fingerprint density at radius 3 is 2.60 bits per heavy atom. The molecule has 2 heterocycles. The molecule has 1 saturated carbocycles. The minimum Gasteiger partial charge on any atom is -0.447 e. The molecule has 0 atom stereocenters. The average molecular weight is 342 g/mol. The lowest BCUT2D eigenvalue weighted by Gasteiger charge is -2.46. The van der Waals surface area contributed by atoms with Crippen LogP contribution in [0.2, 0.25) is 0 Å². The number of cyclic esters (lactones) is 1. The Morgan fingerprint density at radius 2 is 2.00 bits per heavy atom. The Kier molecular flexibility index (Phi) is 3.78. The normalized spacial score (nSPS) is 30.6. The first-order valence-electron chi connectivity index (χ1n) is 9.20. The molecule has 3 aliphatic rings. The number of benzene rings is 1. The summed E-state index contributed by atoms with van der Waals surface area (Å²) >= 11 is 0. The molecule has 25 heavy (non-hydrogen) atoms. The van der Waals surface area contributed by atoms with Crippen molar-refractivity contribution in [3.63, 3.8) is 0 Å². The molecule has 0 bridgehead atoms. The second-order valence-electron chi connectivity index (χ2n) is 8.34. The van der Waals surface area contributed by atoms with Crippen LogP contribution in [-0.2, 0) is 14.9 Å². The van der Waals surface area contributed by atoms with Gasteiger partial charge in [-0.3, -0.25) is 4.79 Å². The minimum absolute atomic E-state index is 0.0327. The van der Waals surface area contributed by atoms with Crippen molar-refractivity contribution in [3.8, 4) is 0 Å². The zero-order valence-corrected chi connectivity index (χ0v) is 15.0. The van der Waals surface area contributed by atoms with Gasteiger partial charge in [-0.1, -0.05) is 36.8 Å². The van der Waals surface area contributed by atoms with Crippen molar-refractivity contribution < 1.29 is 14.3 Å². The summed E-state index contributed by atoms with van der Waals surface area (Å²) in [7, 11) is 0. The van der Waals surface area contributed by atoms with Crippen molar-refractivity contribution in [1.82, 2.24) is 10.2 Å². The third-order valence-electron chi connectivity index (χ3n) is 6.36. The summed E-state index contributed by atoms with van der Waals surface area (Å²) in [5.41, 5.74) is 2.55. The fourth-order valence-electron chi connectivity index (χ4n) is 4.56. The van der Waals surface area contributed by atoms with Gasteiger partial charge in [0.15, 0.2) is 0 Å². The first-order valence-corrected chi connectivity index (χ1v) is 9.20. The van der Waals surface area contributed by atoms with Crippen molar-refractivity contribution in [1.29, 1.82) is 0 Å². The average Bonchev–Trinajstić information content (AvgIpc) is 2.96. The number of amides is 2. The molecule has 5 heteroatoms. The van der Waals surface area contributed by atoms with Gasteiger partial charge in [0.05, 0.1) is 5.54 Å². The first kappa shape index (κ1) is 16.4. The van der Waals surface area contributed by atoms with Crippen molar-refractivity contribution >= 4 is 12.0 Å². The molecule has 2 amide bonds. The monoisotopic (exact) mass is 342 g/mol. The summed E-state index contributed by atoms with van der Waals surface area (Å²) in [6.45, 7) is 6.48. The smallest absolute Gasteiger partial charge is 0.407 e. The summed E-state index contributed by atoms with van der Waals surface area (Å²) < 4.78 is 5.00. The summed E-state index contributed by atoms with van der Waals surface area (Å²) in [5.74, 6) is 0.281. The summed E-state index contributed by atoms with van der Waals surface area (Å²) in [6, 6.07) is 8.74. The van der Waals surface area contributed by atoms with E-state index >= 15 is 0 Å². The fourth-order valence-corrected chi connectivity index (χ4v) is 4.56. The van der Waals surface area contributed by atoms with E-state index in [2.05, 4.69) is 43.4 Å². The van der Waals surface area contributed by atoms with Gasteiger partial charge < -0.3 is 15.0 Å². The van der Waals surface area contributed by atoms with Gasteiger partial charge in [0.1, 0.15) is 6.61 Å². The molecule has 2 aliphatic heterocycles. The topological polar surface area (TPSA) is 58.6 Å². The maximum absolute atomic E-state index is 12.8. The predicted molar refractivity (Wildman–Crippen MR) is 94.3 cm³/mol. The van der Waals surface area contributed by atoms with Crippen LogP contribution in [0.1, 0.15) is 43.7 Å². The number of rotatable bonds is 2. The summed E-state index contributed by atoms with van der Waals surface area (Å²) in [4.78, 5) is 26.0. The summed E-state index contributed by atoms with van der Waals surface area (Å²) in [5, 5.41) is 2.86. The number of nitrogens with one attached hydrogen (secondary N) is 1. The first-order chi connectivity index (χ1) is 11.9. The Balaban J connectivity index is 1.34. The van der Waals surface area contributed by atoms with Crippen molar-refractivity contribution in [2.24, 2.45) is 5.92 Å². The maximum atomic E-state index is 12.8. The molecule has 1 aliphatic carbocycles. The molecule has 1 aromatic rings. The molecule has 0 aromatic heterocycles. The van der Waals surface area contributed by atoms with E-state index in [1.54, 1.807) is 0 Å². The standard InChI is InChI=1S/C20H26N2O3/c1-14-4-3-5-16(10-14)19(2)6-8-22(9-7-19)17(23)15-11-20(12-15)13-25-18(24)21-20/h3-5,10,15H,6-9,11-13H2,1-2H3,(H,21,24). The van der Waals surface area contributed by atoms with Gasteiger partial charge in [0.2, 0.25) is 5.91 Å². The molecule has 0 radical (unpaired) electrons. The lowest BCUT2D eigenvalue weighted by Crippen LogP contribution is -2.59. The van der Waals surface area contributed by atoms with Gasteiger partial charge in [-0.15, -0.1) is 0 Å². The van der Waals surface area contributed by atoms with Crippen molar-refractivity contribution in [2.75, 3.05) is 19.7 Å². The zero-order chi connectivity index (χ0) is 17.7. The number of hydrogen-bond acceptors (Lipinski definition) is 3. The highest BCUT2D eigenvalue weighted by Crippen LogP contribution is 2.43. The van der Waals surface area contributed by atoms with Gasteiger partial charge in [0, 0.05) is 19.0 Å². The van der Waals surface area contributed by atoms with E-state index in [0.29, 0.717) is 19.4 Å². The molecule has 5 nitrogen and oxygen atoms in total. The minimum atomic E-state index is -0.349. The number of carbonyl (C=O) groups is 2. The van der Waals surface area contributed by atoms with Crippen molar-refractivity contribution in [3.05, 3.63) is 35.4 Å². The molecule has 1 spiro atoms. The van der Waals surface area contributed by atoms with Crippen LogP contribution in [0.25, 0.3) is 0 Å². The molecule has 1 aromatic carbocycles. The van der Waals surface area contributed by atoms with E-state index in [9.17, 15) is 9.59 Å². The van der Waals surface area contributed by atoms with Crippen LogP contribution in [0.4, 0.5) is 4.79 Å². The van der Waals surface area contributed by atoms with Crippen LogP contribution in [-0.4, -0.2) is 42.1 Å². The van der Waals surface area contributed by atoms with Gasteiger partial charge in [0.25, 0.3) is 0 Å². The Hall–Kier alpha value is -2.04. The van der Waals surface area contributed by atoms with Crippen LogP contribution in [0.3, 0.4) is 0 Å². The van der Waals surface area contributed by atoms with E-state index in [4.69, 9.17) is 4.74 Å². The lowest BCUT2D eigenvalue weighted by molar-refractivity contribution is -0.142. The van der Waals surface area contributed by atoms with E-state index in [1.807, 2.05) is 4.90 Å². The van der Waals surface area contributed by atoms with E-state index in [0.717, 1.165) is 25.9 Å². The highest BCUT2D eigenvalue weighted by atomic mass is 16.6. The highest BCUT2D eigenvalue weighted by Gasteiger charge is 2.53. The third-order valence-corrected chi connectivity index (χ3v) is 6.36. The van der Waals surface area contributed by atoms with Crippen LogP contribution in [0, 0.1) is 12.8 Å². The predicted octanol–water partition coefficient (Wildman–Crippen LogP) is 2.76. The maximum Gasteiger partial charge on any atom is 0.407 e. The second kappa shape index (κ2) is 5.75. The Bertz CT molecular complexity index is 701. The Labute approximate surface area is 148 Å². The van der Waals surface area contributed by atoms with Gasteiger partial charge in [-0.05, 0) is 43.6 Å². The van der Waals surface area contributed by atoms with E-state index in [1.165, 1.54) is 11.1 Å². The summed E-state index contributed by atoms with van der Waals surface area (Å²) in [6.07, 6.45) is 3.07. The molecular formula is C20H26N2O3. The second-order valence-corrected chi connectivity index (χ2v) is 8.34. The molecule has 1 N–H and O–H groups in total. The zero-order valence-electron chi connectivity index (χ0n) is 15.0. The van der Waals surface area contributed by atoms with Crippen LogP contribution < -0.4 is 5.32 Å². The van der Waals surface area contributed by atoms with Crippen molar-refractivity contribution in [2.45, 2.75) is 50.5 Å². The number of nitrogens with zero attached hydrogens (tertiary/aromatic N) is 1. The number of carbonyl (C=O) groups excluding carboxylic acids is 2. The van der Waals surface area contributed by atoms with Gasteiger partial charge in [-0.2, -0.15) is 0 Å². The Morgan fingerprint density at radius 1 is 1.28 bits per heavy atom. The number of alkyl carbamates (subject to hydrolysis) is 1. The molecule has 4 rings (SSSR count). The molecular weight excluding hydrogens is 316 g/mol. The highest BCUT2D eigenvalue weighted by molar-refractivity contribution is 5.81. The number of ether oxygens (including phenoxy) is 1. The lowest BCUT2D eigenvalue weighted by atomic mass is 9.68. The van der Waals surface area contributed by atoms with E-state index in [-0.39, 0.29) is 28.9 Å². The quantitative estimate of drug-likeness (QED) is 0.899. The largest absolute Gasteiger partial charge is 0.447 e. The fraction of sp³-hybridized carbons (Fsp3) is 0.600.